The van der Waals surface area contributed by atoms with Crippen LogP contribution in [0, 0.1) is 18.3 Å². The molecule has 0 saturated carbocycles. The second kappa shape index (κ2) is 5.88. The van der Waals surface area contributed by atoms with Gasteiger partial charge in [0, 0.05) is 12.2 Å². The van der Waals surface area contributed by atoms with Crippen LogP contribution < -0.4 is 5.32 Å². The van der Waals surface area contributed by atoms with Crippen LogP contribution in [0.15, 0.2) is 42.5 Å². The second-order valence-corrected chi connectivity index (χ2v) is 4.69. The van der Waals surface area contributed by atoms with Crippen LogP contribution in [0.1, 0.15) is 22.3 Å². The summed E-state index contributed by atoms with van der Waals surface area (Å²) in [5, 5.41) is 11.8. The quantitative estimate of drug-likeness (QED) is 0.903. The first-order valence-corrected chi connectivity index (χ1v) is 6.31. The van der Waals surface area contributed by atoms with Gasteiger partial charge in [-0.15, -0.1) is 0 Å². The Hall–Kier alpha value is -2.48. The average Bonchev–Trinajstić information content (AvgIpc) is 2.45. The lowest BCUT2D eigenvalue weighted by Gasteiger charge is -2.13. The molecule has 5 heteroatoms. The van der Waals surface area contributed by atoms with Crippen molar-refractivity contribution in [1.82, 2.24) is 0 Å². The van der Waals surface area contributed by atoms with E-state index >= 15 is 0 Å². The van der Waals surface area contributed by atoms with Crippen molar-refractivity contribution in [3.8, 4) is 6.07 Å². The number of nitrogens with one attached hydrogen (secondary N) is 1. The third-order valence-electron chi connectivity index (χ3n) is 3.10. The fourth-order valence-electron chi connectivity index (χ4n) is 1.99. The van der Waals surface area contributed by atoms with E-state index in [0.29, 0.717) is 17.8 Å². The number of hydrogen-bond acceptors (Lipinski definition) is 2. The highest BCUT2D eigenvalue weighted by molar-refractivity contribution is 5.50. The largest absolute Gasteiger partial charge is 0.416 e. The molecular weight excluding hydrogens is 277 g/mol. The van der Waals surface area contributed by atoms with E-state index in [9.17, 15) is 13.2 Å². The highest BCUT2D eigenvalue weighted by Crippen LogP contribution is 2.33. The van der Waals surface area contributed by atoms with E-state index < -0.39 is 11.7 Å². The zero-order chi connectivity index (χ0) is 15.5. The molecule has 0 spiro atoms. The molecule has 2 aromatic rings. The van der Waals surface area contributed by atoms with Crippen molar-refractivity contribution in [1.29, 1.82) is 5.26 Å². The molecule has 0 unspecified atom stereocenters. The van der Waals surface area contributed by atoms with Gasteiger partial charge in [-0.05, 0) is 42.3 Å². The van der Waals surface area contributed by atoms with Crippen LogP contribution in [0.25, 0.3) is 0 Å². The number of nitrogens with zero attached hydrogens (tertiary/aromatic N) is 1. The van der Waals surface area contributed by atoms with Gasteiger partial charge in [0.2, 0.25) is 0 Å². The second-order valence-electron chi connectivity index (χ2n) is 4.69. The van der Waals surface area contributed by atoms with Crippen LogP contribution in [0.4, 0.5) is 18.9 Å². The Morgan fingerprint density at radius 2 is 1.90 bits per heavy atom. The Labute approximate surface area is 120 Å². The summed E-state index contributed by atoms with van der Waals surface area (Å²) in [6.45, 7) is 1.79. The maximum absolute atomic E-state index is 12.8. The number of anilines is 1. The zero-order valence-corrected chi connectivity index (χ0v) is 11.3. The maximum atomic E-state index is 12.8. The first kappa shape index (κ1) is 14.9. The predicted molar refractivity (Wildman–Crippen MR) is 74.7 cm³/mol. The molecule has 2 rings (SSSR count). The van der Waals surface area contributed by atoms with Gasteiger partial charge in [-0.1, -0.05) is 18.2 Å². The molecule has 0 fully saturated rings. The minimum Gasteiger partial charge on any atom is -0.381 e. The number of rotatable bonds is 3. The summed E-state index contributed by atoms with van der Waals surface area (Å²) in [5.74, 6) is 0. The maximum Gasteiger partial charge on any atom is 0.416 e. The molecule has 0 radical (unpaired) electrons. The molecule has 0 atom stereocenters. The number of halogens is 3. The molecule has 1 N–H and O–H groups in total. The molecule has 0 bridgehead atoms. The Balaban J connectivity index is 2.15. The van der Waals surface area contributed by atoms with Crippen LogP contribution in [0.2, 0.25) is 0 Å². The van der Waals surface area contributed by atoms with E-state index in [1.165, 1.54) is 13.0 Å². The van der Waals surface area contributed by atoms with Crippen molar-refractivity contribution >= 4 is 5.69 Å². The number of alkyl halides is 3. The van der Waals surface area contributed by atoms with Crippen molar-refractivity contribution < 1.29 is 13.2 Å². The predicted octanol–water partition coefficient (Wildman–Crippen LogP) is 4.50. The van der Waals surface area contributed by atoms with Gasteiger partial charge < -0.3 is 5.32 Å². The first-order valence-electron chi connectivity index (χ1n) is 6.31. The van der Waals surface area contributed by atoms with Crippen molar-refractivity contribution in [3.63, 3.8) is 0 Å². The molecule has 0 aliphatic heterocycles. The van der Waals surface area contributed by atoms with Crippen LogP contribution in [-0.4, -0.2) is 0 Å². The molecule has 0 saturated heterocycles. The summed E-state index contributed by atoms with van der Waals surface area (Å²) in [5.41, 5.74) is 1.31. The average molecular weight is 290 g/mol. The summed E-state index contributed by atoms with van der Waals surface area (Å²) in [6.07, 6.45) is -4.36. The molecule has 0 amide bonds. The summed E-state index contributed by atoms with van der Waals surface area (Å²) >= 11 is 0. The molecule has 108 valence electrons. The van der Waals surface area contributed by atoms with Crippen molar-refractivity contribution in [2.75, 3.05) is 5.32 Å². The van der Waals surface area contributed by atoms with E-state index in [0.717, 1.165) is 11.6 Å². The van der Waals surface area contributed by atoms with Crippen LogP contribution in [0.5, 0.6) is 0 Å². The molecule has 21 heavy (non-hydrogen) atoms. The van der Waals surface area contributed by atoms with Crippen molar-refractivity contribution in [2.45, 2.75) is 19.6 Å². The minimum atomic E-state index is -4.36. The Morgan fingerprint density at radius 3 is 2.57 bits per heavy atom. The Morgan fingerprint density at radius 1 is 1.14 bits per heavy atom. The smallest absolute Gasteiger partial charge is 0.381 e. The summed E-state index contributed by atoms with van der Waals surface area (Å²) in [6, 6.07) is 13.1. The van der Waals surface area contributed by atoms with Gasteiger partial charge >= 0.3 is 6.18 Å². The fraction of sp³-hybridized carbons (Fsp3) is 0.188. The van der Waals surface area contributed by atoms with E-state index in [1.807, 2.05) is 12.1 Å². The van der Waals surface area contributed by atoms with Gasteiger partial charge in [0.25, 0.3) is 0 Å². The van der Waals surface area contributed by atoms with Gasteiger partial charge in [0.1, 0.15) is 0 Å². The van der Waals surface area contributed by atoms with E-state index in [1.54, 1.807) is 24.3 Å². The first-order chi connectivity index (χ1) is 9.90. The van der Waals surface area contributed by atoms with Crippen molar-refractivity contribution in [3.05, 3.63) is 64.7 Å². The molecular formula is C16H13F3N2. The molecule has 0 heterocycles. The van der Waals surface area contributed by atoms with E-state index in [-0.39, 0.29) is 5.56 Å². The van der Waals surface area contributed by atoms with Crippen molar-refractivity contribution in [2.24, 2.45) is 0 Å². The lowest BCUT2D eigenvalue weighted by atomic mass is 10.1. The zero-order valence-electron chi connectivity index (χ0n) is 11.3. The van der Waals surface area contributed by atoms with Crippen LogP contribution in [0.3, 0.4) is 0 Å². The minimum absolute atomic E-state index is 0.194. The van der Waals surface area contributed by atoms with E-state index in [4.69, 9.17) is 5.26 Å². The summed E-state index contributed by atoms with van der Waals surface area (Å²) in [4.78, 5) is 0. The number of benzene rings is 2. The van der Waals surface area contributed by atoms with Gasteiger partial charge in [0.15, 0.2) is 0 Å². The van der Waals surface area contributed by atoms with Gasteiger partial charge in [-0.2, -0.15) is 18.4 Å². The monoisotopic (exact) mass is 290 g/mol. The lowest BCUT2D eigenvalue weighted by molar-refractivity contribution is -0.138. The number of hydrogen-bond donors (Lipinski definition) is 1. The fourth-order valence-corrected chi connectivity index (χ4v) is 1.99. The lowest BCUT2D eigenvalue weighted by Crippen LogP contribution is -2.09. The van der Waals surface area contributed by atoms with Crippen LogP contribution >= 0.6 is 0 Å². The summed E-state index contributed by atoms with van der Waals surface area (Å²) in [7, 11) is 0. The third-order valence-corrected chi connectivity index (χ3v) is 3.10. The van der Waals surface area contributed by atoms with Gasteiger partial charge in [-0.3, -0.25) is 0 Å². The Bertz CT molecular complexity index is 685. The van der Waals surface area contributed by atoms with E-state index in [2.05, 4.69) is 5.32 Å². The topological polar surface area (TPSA) is 35.8 Å². The Kier molecular flexibility index (Phi) is 4.18. The van der Waals surface area contributed by atoms with Crippen LogP contribution in [-0.2, 0) is 12.7 Å². The molecule has 2 nitrogen and oxygen atoms in total. The SMILES string of the molecule is Cc1ccc(NCc2cccc(C#N)c2)cc1C(F)(F)F. The molecule has 0 aliphatic rings. The number of aryl methyl sites for hydroxylation is 1. The van der Waals surface area contributed by atoms with Gasteiger partial charge in [0.05, 0.1) is 17.2 Å². The number of nitriles is 1. The highest BCUT2D eigenvalue weighted by atomic mass is 19.4. The molecule has 2 aromatic carbocycles. The molecule has 0 aliphatic carbocycles. The molecule has 0 aromatic heterocycles. The van der Waals surface area contributed by atoms with Gasteiger partial charge in [-0.25, -0.2) is 0 Å². The highest BCUT2D eigenvalue weighted by Gasteiger charge is 2.32. The third kappa shape index (κ3) is 3.76. The normalized spacial score (nSPS) is 11.0. The standard InChI is InChI=1S/C16H13F3N2/c1-11-5-6-14(8-15(11)16(17,18)19)21-10-13-4-2-3-12(7-13)9-20/h2-8,21H,10H2,1H3. The summed E-state index contributed by atoms with van der Waals surface area (Å²) < 4.78 is 38.5.